The Morgan fingerprint density at radius 2 is 1.14 bits per heavy atom. The second kappa shape index (κ2) is 10.6. The molecule has 8 aromatic carbocycles. The Labute approximate surface area is 292 Å². The zero-order chi connectivity index (χ0) is 32.8. The van der Waals surface area contributed by atoms with E-state index in [4.69, 9.17) is 9.97 Å². The Bertz CT molecular complexity index is 2990. The first-order valence-electron chi connectivity index (χ1n) is 16.9. The van der Waals surface area contributed by atoms with E-state index in [0.717, 1.165) is 39.2 Å². The molecule has 0 unspecified atom stereocenters. The van der Waals surface area contributed by atoms with E-state index < -0.39 is 0 Å². The van der Waals surface area contributed by atoms with Crippen molar-refractivity contribution in [3.05, 3.63) is 164 Å². The summed E-state index contributed by atoms with van der Waals surface area (Å²) in [5.41, 5.74) is 10.0. The molecule has 0 saturated carbocycles. The van der Waals surface area contributed by atoms with Crippen molar-refractivity contribution in [3.63, 3.8) is 0 Å². The van der Waals surface area contributed by atoms with Gasteiger partial charge in [0.25, 0.3) is 0 Å². The highest BCUT2D eigenvalue weighted by Crippen LogP contribution is 2.52. The summed E-state index contributed by atoms with van der Waals surface area (Å²) in [6, 6.07) is 58.9. The number of thiophene rings is 1. The van der Waals surface area contributed by atoms with Gasteiger partial charge in [-0.2, -0.15) is 0 Å². The fraction of sp³-hybridized carbons (Fsp3) is 0. The molecular formula is C46H27N3S. The molecule has 2 aromatic heterocycles. The fourth-order valence-corrected chi connectivity index (χ4v) is 9.09. The third kappa shape index (κ3) is 4.03. The van der Waals surface area contributed by atoms with E-state index in [1.54, 1.807) is 0 Å². The summed E-state index contributed by atoms with van der Waals surface area (Å²) < 4.78 is 2.54. The van der Waals surface area contributed by atoms with Gasteiger partial charge in [-0.1, -0.05) is 109 Å². The van der Waals surface area contributed by atoms with E-state index in [-0.39, 0.29) is 0 Å². The second-order valence-electron chi connectivity index (χ2n) is 13.0. The van der Waals surface area contributed by atoms with Crippen LogP contribution in [0.25, 0.3) is 86.4 Å². The predicted molar refractivity (Wildman–Crippen MR) is 212 cm³/mol. The number of anilines is 3. The Balaban J connectivity index is 1.08. The number of para-hydroxylation sites is 1. The summed E-state index contributed by atoms with van der Waals surface area (Å²) in [4.78, 5) is 12.8. The predicted octanol–water partition coefficient (Wildman–Crippen LogP) is 13.1. The van der Waals surface area contributed by atoms with Crippen LogP contribution in [-0.4, -0.2) is 9.97 Å². The van der Waals surface area contributed by atoms with Gasteiger partial charge < -0.3 is 4.90 Å². The van der Waals surface area contributed by atoms with Crippen LogP contribution in [0.15, 0.2) is 164 Å². The zero-order valence-corrected chi connectivity index (χ0v) is 27.7. The van der Waals surface area contributed by atoms with Gasteiger partial charge in [-0.15, -0.1) is 11.3 Å². The van der Waals surface area contributed by atoms with Gasteiger partial charge in [0.05, 0.1) is 22.6 Å². The van der Waals surface area contributed by atoms with Crippen molar-refractivity contribution in [2.75, 3.05) is 4.90 Å². The van der Waals surface area contributed by atoms with E-state index in [1.165, 1.54) is 64.2 Å². The van der Waals surface area contributed by atoms with Gasteiger partial charge in [0.2, 0.25) is 0 Å². The molecule has 0 amide bonds. The average Bonchev–Trinajstić information content (AvgIpc) is 3.56. The molecule has 0 radical (unpaired) electrons. The maximum absolute atomic E-state index is 5.32. The summed E-state index contributed by atoms with van der Waals surface area (Å²) in [6.45, 7) is 0. The van der Waals surface area contributed by atoms with Crippen LogP contribution in [0.5, 0.6) is 0 Å². The van der Waals surface area contributed by atoms with Gasteiger partial charge in [0.1, 0.15) is 0 Å². The van der Waals surface area contributed by atoms with Crippen molar-refractivity contribution in [1.82, 2.24) is 9.97 Å². The van der Waals surface area contributed by atoms with Gasteiger partial charge >= 0.3 is 0 Å². The molecular weight excluding hydrogens is 627 g/mol. The first-order valence-corrected chi connectivity index (χ1v) is 17.7. The Kier molecular flexibility index (Phi) is 5.83. The lowest BCUT2D eigenvalue weighted by molar-refractivity contribution is 1.23. The molecule has 1 aliphatic heterocycles. The third-order valence-electron chi connectivity index (χ3n) is 10.2. The van der Waals surface area contributed by atoms with Crippen molar-refractivity contribution in [2.24, 2.45) is 0 Å². The minimum absolute atomic E-state index is 0.723. The number of nitrogens with zero attached hydrogens (tertiary/aromatic N) is 3. The fourth-order valence-electron chi connectivity index (χ4n) is 7.87. The summed E-state index contributed by atoms with van der Waals surface area (Å²) in [7, 11) is 0. The van der Waals surface area contributed by atoms with E-state index in [1.807, 2.05) is 11.3 Å². The van der Waals surface area contributed by atoms with E-state index >= 15 is 0 Å². The smallest absolute Gasteiger partial charge is 0.160 e. The summed E-state index contributed by atoms with van der Waals surface area (Å²) in [6.07, 6.45) is 0. The maximum Gasteiger partial charge on any atom is 0.160 e. The van der Waals surface area contributed by atoms with Crippen molar-refractivity contribution in [3.8, 4) is 33.8 Å². The minimum Gasteiger partial charge on any atom is -0.309 e. The molecule has 11 rings (SSSR count). The average molecular weight is 654 g/mol. The molecule has 0 bridgehead atoms. The molecule has 3 heterocycles. The number of hydrogen-bond acceptors (Lipinski definition) is 4. The van der Waals surface area contributed by atoms with Crippen molar-refractivity contribution >= 4 is 81.0 Å². The molecule has 10 aromatic rings. The first-order chi connectivity index (χ1) is 24.8. The molecule has 1 aliphatic rings. The quantitative estimate of drug-likeness (QED) is 0.190. The number of fused-ring (bicyclic) bond motifs is 7. The summed E-state index contributed by atoms with van der Waals surface area (Å²) in [5.74, 6) is 0.723. The van der Waals surface area contributed by atoms with Gasteiger partial charge in [-0.25, -0.2) is 9.97 Å². The molecule has 0 saturated heterocycles. The summed E-state index contributed by atoms with van der Waals surface area (Å²) in [5, 5.41) is 8.60. The number of rotatable bonds is 3. The van der Waals surface area contributed by atoms with Crippen LogP contribution in [0, 0.1) is 0 Å². The van der Waals surface area contributed by atoms with Crippen molar-refractivity contribution in [2.45, 2.75) is 0 Å². The van der Waals surface area contributed by atoms with Gasteiger partial charge in [-0.05, 0) is 76.3 Å². The van der Waals surface area contributed by atoms with Crippen LogP contribution in [0.4, 0.5) is 17.1 Å². The third-order valence-corrected chi connectivity index (χ3v) is 11.4. The van der Waals surface area contributed by atoms with Gasteiger partial charge in [0, 0.05) is 53.3 Å². The number of aromatic nitrogens is 2. The zero-order valence-electron chi connectivity index (χ0n) is 26.8. The van der Waals surface area contributed by atoms with Crippen molar-refractivity contribution < 1.29 is 0 Å². The molecule has 4 heteroatoms. The highest BCUT2D eigenvalue weighted by molar-refractivity contribution is 7.26. The molecule has 50 heavy (non-hydrogen) atoms. The van der Waals surface area contributed by atoms with Crippen LogP contribution < -0.4 is 4.90 Å². The van der Waals surface area contributed by atoms with Crippen molar-refractivity contribution in [1.29, 1.82) is 0 Å². The molecule has 0 aliphatic carbocycles. The second-order valence-corrected chi connectivity index (χ2v) is 14.0. The lowest BCUT2D eigenvalue weighted by atomic mass is 9.89. The molecule has 0 fully saturated rings. The lowest BCUT2D eigenvalue weighted by Crippen LogP contribution is -2.15. The molecule has 0 spiro atoms. The van der Waals surface area contributed by atoms with Crippen LogP contribution in [0.1, 0.15) is 0 Å². The Morgan fingerprint density at radius 3 is 2.02 bits per heavy atom. The number of benzene rings is 8. The van der Waals surface area contributed by atoms with E-state index in [2.05, 4.69) is 169 Å². The van der Waals surface area contributed by atoms with Gasteiger partial charge in [-0.3, -0.25) is 0 Å². The largest absolute Gasteiger partial charge is 0.309 e. The SMILES string of the molecule is c1ccc2cc3c(cc2c1)-c1cccc2cccc(c12)N3c1ccc(-c2nc(-c3cccc4c3sc3ccccc34)c3ccccc3n2)cc1. The minimum atomic E-state index is 0.723. The normalized spacial score (nSPS) is 12.4. The van der Waals surface area contributed by atoms with E-state index in [0.29, 0.717) is 0 Å². The maximum atomic E-state index is 5.32. The molecule has 232 valence electrons. The standard InChI is InChI=1S/C46H27N3S/c1-2-11-31-27-41-38(26-30(31)10-1)34-16-7-12-28-13-8-20-40(43(28)34)49(41)32-24-22-29(23-25-32)46-47-39-19-5-3-15-36(39)44(48-46)37-18-9-17-35-33-14-4-6-21-42(33)50-45(35)37/h1-27H. The van der Waals surface area contributed by atoms with Crippen LogP contribution >= 0.6 is 11.3 Å². The lowest BCUT2D eigenvalue weighted by Gasteiger charge is -2.34. The topological polar surface area (TPSA) is 29.0 Å². The molecule has 0 N–H and O–H groups in total. The van der Waals surface area contributed by atoms with Crippen LogP contribution in [0.3, 0.4) is 0 Å². The molecule has 3 nitrogen and oxygen atoms in total. The van der Waals surface area contributed by atoms with E-state index in [9.17, 15) is 0 Å². The number of hydrogen-bond donors (Lipinski definition) is 0. The van der Waals surface area contributed by atoms with Crippen LogP contribution in [0.2, 0.25) is 0 Å². The molecule has 0 atom stereocenters. The Hall–Kier alpha value is -6.36. The monoisotopic (exact) mass is 653 g/mol. The highest BCUT2D eigenvalue weighted by atomic mass is 32.1. The highest BCUT2D eigenvalue weighted by Gasteiger charge is 2.26. The van der Waals surface area contributed by atoms with Gasteiger partial charge in [0.15, 0.2) is 5.82 Å². The Morgan fingerprint density at radius 1 is 0.460 bits per heavy atom. The first kappa shape index (κ1) is 27.6. The van der Waals surface area contributed by atoms with Crippen LogP contribution in [-0.2, 0) is 0 Å². The summed E-state index contributed by atoms with van der Waals surface area (Å²) >= 11 is 1.83.